The number of aliphatic hydroxyl groups excluding tert-OH is 1. The van der Waals surface area contributed by atoms with Crippen LogP contribution in [-0.4, -0.2) is 44.5 Å². The van der Waals surface area contributed by atoms with Gasteiger partial charge in [0.1, 0.15) is 0 Å². The Bertz CT molecular complexity index is 345. The number of aromatic nitrogens is 4. The highest BCUT2D eigenvalue weighted by Gasteiger charge is 2.12. The Kier molecular flexibility index (Phi) is 2.55. The quantitative estimate of drug-likeness (QED) is 0.570. The summed E-state index contributed by atoms with van der Waals surface area (Å²) in [5, 5.41) is 23.7. The fraction of sp³-hybridized carbons (Fsp3) is 0.625. The molecular formula is C8H13N5O. The van der Waals surface area contributed by atoms with Crippen molar-refractivity contribution >= 4 is 0 Å². The second kappa shape index (κ2) is 3.85. The monoisotopic (exact) mass is 195 g/mol. The molecule has 1 aromatic rings. The number of tetrazole rings is 1. The van der Waals surface area contributed by atoms with Crippen molar-refractivity contribution in [2.75, 3.05) is 13.1 Å². The van der Waals surface area contributed by atoms with Crippen LogP contribution in [0, 0.1) is 0 Å². The lowest BCUT2D eigenvalue weighted by molar-refractivity contribution is 0.212. The first kappa shape index (κ1) is 9.29. The number of nitrogens with one attached hydrogen (secondary N) is 1. The van der Waals surface area contributed by atoms with Crippen LogP contribution in [0.5, 0.6) is 0 Å². The minimum absolute atomic E-state index is 0.389. The van der Waals surface area contributed by atoms with Crippen molar-refractivity contribution in [2.45, 2.75) is 12.5 Å². The Morgan fingerprint density at radius 1 is 1.71 bits per heavy atom. The summed E-state index contributed by atoms with van der Waals surface area (Å²) in [6, 6.07) is 0. The van der Waals surface area contributed by atoms with E-state index in [1.807, 2.05) is 13.1 Å². The van der Waals surface area contributed by atoms with Gasteiger partial charge in [-0.15, -0.1) is 5.10 Å². The number of aryl methyl sites for hydroxylation is 1. The molecule has 0 radical (unpaired) electrons. The van der Waals surface area contributed by atoms with Crippen molar-refractivity contribution < 1.29 is 5.11 Å². The first-order valence-corrected chi connectivity index (χ1v) is 4.55. The highest BCUT2D eigenvalue weighted by Crippen LogP contribution is 2.07. The summed E-state index contributed by atoms with van der Waals surface area (Å²) in [7, 11) is 1.81. The van der Waals surface area contributed by atoms with Crippen molar-refractivity contribution in [3.63, 3.8) is 0 Å². The number of hydrogen-bond acceptors (Lipinski definition) is 5. The summed E-state index contributed by atoms with van der Waals surface area (Å²) < 4.78 is 1.64. The van der Waals surface area contributed by atoms with Crippen molar-refractivity contribution in [3.8, 4) is 0 Å². The Balaban J connectivity index is 2.07. The van der Waals surface area contributed by atoms with Gasteiger partial charge in [-0.25, -0.2) is 4.68 Å². The van der Waals surface area contributed by atoms with E-state index in [9.17, 15) is 5.11 Å². The predicted molar refractivity (Wildman–Crippen MR) is 49.5 cm³/mol. The molecule has 0 aromatic carbocycles. The first-order chi connectivity index (χ1) is 6.75. The largest absolute Gasteiger partial charge is 0.388 e. The molecule has 2 N–H and O–H groups in total. The minimum Gasteiger partial charge on any atom is -0.388 e. The van der Waals surface area contributed by atoms with Crippen LogP contribution in [0.15, 0.2) is 11.6 Å². The van der Waals surface area contributed by atoms with E-state index in [2.05, 4.69) is 20.8 Å². The molecule has 0 aliphatic carbocycles. The maximum absolute atomic E-state index is 9.38. The molecule has 0 bridgehead atoms. The van der Waals surface area contributed by atoms with Crippen molar-refractivity contribution in [2.24, 2.45) is 7.05 Å². The van der Waals surface area contributed by atoms with E-state index in [0.29, 0.717) is 13.0 Å². The van der Waals surface area contributed by atoms with E-state index in [0.717, 1.165) is 17.9 Å². The highest BCUT2D eigenvalue weighted by molar-refractivity contribution is 5.15. The lowest BCUT2D eigenvalue weighted by Crippen LogP contribution is -2.33. The molecule has 1 unspecified atom stereocenters. The van der Waals surface area contributed by atoms with Gasteiger partial charge in [-0.3, -0.25) is 0 Å². The van der Waals surface area contributed by atoms with E-state index in [4.69, 9.17) is 0 Å². The molecular weight excluding hydrogens is 182 g/mol. The van der Waals surface area contributed by atoms with Crippen molar-refractivity contribution in [1.29, 1.82) is 0 Å². The Hall–Kier alpha value is -1.27. The summed E-state index contributed by atoms with van der Waals surface area (Å²) in [6.07, 6.45) is 2.17. The number of hydrogen-bond donors (Lipinski definition) is 2. The molecule has 0 saturated carbocycles. The second-order valence-electron chi connectivity index (χ2n) is 3.42. The maximum atomic E-state index is 9.38. The lowest BCUT2D eigenvalue weighted by atomic mass is 10.1. The average Bonchev–Trinajstić information content (AvgIpc) is 2.52. The van der Waals surface area contributed by atoms with Crippen LogP contribution in [0.1, 0.15) is 5.82 Å². The number of rotatable bonds is 2. The molecule has 2 heterocycles. The molecule has 0 amide bonds. The minimum atomic E-state index is -0.389. The molecule has 6 nitrogen and oxygen atoms in total. The van der Waals surface area contributed by atoms with Gasteiger partial charge in [0, 0.05) is 26.6 Å². The van der Waals surface area contributed by atoms with Gasteiger partial charge in [-0.2, -0.15) is 0 Å². The third kappa shape index (κ3) is 1.97. The zero-order valence-corrected chi connectivity index (χ0v) is 8.01. The third-order valence-electron chi connectivity index (χ3n) is 2.23. The predicted octanol–water partition coefficient (Wildman–Crippen LogP) is -1.36. The molecule has 76 valence electrons. The van der Waals surface area contributed by atoms with Crippen LogP contribution in [0.2, 0.25) is 0 Å². The number of β-amino-alcohol motifs (C(OH)–C–C–N with tert-alkyl or cyclic N) is 1. The van der Waals surface area contributed by atoms with Crippen LogP contribution < -0.4 is 5.32 Å². The molecule has 2 rings (SSSR count). The number of aliphatic hydroxyl groups is 1. The van der Waals surface area contributed by atoms with Gasteiger partial charge in [0.15, 0.2) is 5.82 Å². The zero-order chi connectivity index (χ0) is 9.97. The fourth-order valence-corrected chi connectivity index (χ4v) is 1.49. The average molecular weight is 195 g/mol. The third-order valence-corrected chi connectivity index (χ3v) is 2.23. The van der Waals surface area contributed by atoms with Crippen LogP contribution in [0.4, 0.5) is 0 Å². The molecule has 14 heavy (non-hydrogen) atoms. The summed E-state index contributed by atoms with van der Waals surface area (Å²) in [5.41, 5.74) is 1.13. The summed E-state index contributed by atoms with van der Waals surface area (Å²) >= 11 is 0. The lowest BCUT2D eigenvalue weighted by Gasteiger charge is -2.17. The van der Waals surface area contributed by atoms with E-state index < -0.39 is 0 Å². The van der Waals surface area contributed by atoms with Gasteiger partial charge in [0.05, 0.1) is 6.10 Å². The van der Waals surface area contributed by atoms with Gasteiger partial charge in [-0.05, 0) is 10.4 Å². The number of nitrogens with zero attached hydrogens (tertiary/aromatic N) is 4. The molecule has 1 atom stereocenters. The maximum Gasteiger partial charge on any atom is 0.155 e. The van der Waals surface area contributed by atoms with Gasteiger partial charge in [0.2, 0.25) is 0 Å². The van der Waals surface area contributed by atoms with E-state index >= 15 is 0 Å². The molecule has 1 aromatic heterocycles. The zero-order valence-electron chi connectivity index (χ0n) is 8.01. The van der Waals surface area contributed by atoms with Crippen LogP contribution >= 0.6 is 0 Å². The van der Waals surface area contributed by atoms with Crippen LogP contribution in [0.3, 0.4) is 0 Å². The SMILES string of the molecule is Cn1nnnc1CC1=CC(O)CNC1. The van der Waals surface area contributed by atoms with Crippen LogP contribution in [-0.2, 0) is 13.5 Å². The molecule has 6 heteroatoms. The summed E-state index contributed by atoms with van der Waals surface area (Å²) in [6.45, 7) is 1.42. The second-order valence-corrected chi connectivity index (χ2v) is 3.42. The highest BCUT2D eigenvalue weighted by atomic mass is 16.3. The Labute approximate surface area is 81.6 Å². The van der Waals surface area contributed by atoms with Crippen LogP contribution in [0.25, 0.3) is 0 Å². The van der Waals surface area contributed by atoms with Crippen molar-refractivity contribution in [1.82, 2.24) is 25.5 Å². The van der Waals surface area contributed by atoms with Crippen molar-refractivity contribution in [3.05, 3.63) is 17.5 Å². The molecule has 1 aliphatic rings. The summed E-state index contributed by atoms with van der Waals surface area (Å²) in [5.74, 6) is 0.812. The molecule has 0 spiro atoms. The molecule has 0 fully saturated rings. The van der Waals surface area contributed by atoms with Gasteiger partial charge >= 0.3 is 0 Å². The van der Waals surface area contributed by atoms with E-state index in [1.165, 1.54) is 0 Å². The van der Waals surface area contributed by atoms with Gasteiger partial charge in [-0.1, -0.05) is 11.6 Å². The Morgan fingerprint density at radius 2 is 2.57 bits per heavy atom. The fourth-order valence-electron chi connectivity index (χ4n) is 1.49. The van der Waals surface area contributed by atoms with Gasteiger partial charge in [0.25, 0.3) is 0 Å². The van der Waals surface area contributed by atoms with E-state index in [-0.39, 0.29) is 6.10 Å². The summed E-state index contributed by atoms with van der Waals surface area (Å²) in [4.78, 5) is 0. The normalized spacial score (nSPS) is 22.1. The topological polar surface area (TPSA) is 75.9 Å². The molecule has 0 saturated heterocycles. The smallest absolute Gasteiger partial charge is 0.155 e. The Morgan fingerprint density at radius 3 is 3.21 bits per heavy atom. The van der Waals surface area contributed by atoms with E-state index in [1.54, 1.807) is 4.68 Å². The van der Waals surface area contributed by atoms with Gasteiger partial charge < -0.3 is 10.4 Å². The molecule has 1 aliphatic heterocycles. The standard InChI is InChI=1S/C8H13N5O/c1-13-8(10-11-12-13)3-6-2-7(14)5-9-4-6/h2,7,9,14H,3-5H2,1H3. The first-order valence-electron chi connectivity index (χ1n) is 4.55.